The van der Waals surface area contributed by atoms with Gasteiger partial charge in [-0.15, -0.1) is 0 Å². The van der Waals surface area contributed by atoms with Gasteiger partial charge in [-0.1, -0.05) is 62.7 Å². The molecular weight excluding hydrogens is 422 g/mol. The second kappa shape index (κ2) is 10.9. The number of ether oxygens (including phenoxy) is 1. The molecule has 178 valence electrons. The van der Waals surface area contributed by atoms with E-state index in [0.717, 1.165) is 40.9 Å². The van der Waals surface area contributed by atoms with Gasteiger partial charge in [-0.2, -0.15) is 0 Å². The van der Waals surface area contributed by atoms with Gasteiger partial charge in [0.1, 0.15) is 0 Å². The lowest BCUT2D eigenvalue weighted by Gasteiger charge is -2.29. The third-order valence-electron chi connectivity index (χ3n) is 6.99. The molecule has 5 heteroatoms. The molecule has 34 heavy (non-hydrogen) atoms. The highest BCUT2D eigenvalue weighted by Crippen LogP contribution is 2.48. The molecule has 5 nitrogen and oxygen atoms in total. The fourth-order valence-electron chi connectivity index (χ4n) is 4.40. The van der Waals surface area contributed by atoms with Crippen LogP contribution < -0.4 is 10.6 Å². The normalized spacial score (nSPS) is 18.8. The van der Waals surface area contributed by atoms with Crippen LogP contribution in [0.25, 0.3) is 11.1 Å². The minimum atomic E-state index is -0.0750. The lowest BCUT2D eigenvalue weighted by Crippen LogP contribution is -2.45. The highest BCUT2D eigenvalue weighted by Gasteiger charge is 2.47. The molecule has 1 aliphatic carbocycles. The Morgan fingerprint density at radius 2 is 1.76 bits per heavy atom. The molecule has 2 N–H and O–H groups in total. The van der Waals surface area contributed by atoms with Crippen molar-refractivity contribution < 1.29 is 9.53 Å². The zero-order valence-electron chi connectivity index (χ0n) is 20.4. The first-order valence-corrected chi connectivity index (χ1v) is 12.2. The van der Waals surface area contributed by atoms with Crippen LogP contribution in [-0.2, 0) is 16.1 Å². The van der Waals surface area contributed by atoms with Crippen LogP contribution >= 0.6 is 0 Å². The van der Waals surface area contributed by atoms with Crippen LogP contribution in [0, 0.1) is 11.8 Å². The average Bonchev–Trinajstić information content (AvgIpc) is 3.69. The fourth-order valence-corrected chi connectivity index (χ4v) is 4.40. The van der Waals surface area contributed by atoms with Crippen LogP contribution in [0.5, 0.6) is 0 Å². The molecule has 0 aliphatic heterocycles. The molecular formula is C29H35N3O2. The molecule has 1 aliphatic rings. The van der Waals surface area contributed by atoms with E-state index >= 15 is 0 Å². The number of nitrogens with zero attached hydrogens (tertiary/aromatic N) is 2. The van der Waals surface area contributed by atoms with Crippen LogP contribution in [-0.4, -0.2) is 30.6 Å². The number of anilines is 1. The second-order valence-corrected chi connectivity index (χ2v) is 9.38. The SMILES string of the molecule is CC[C@H](C)[C@H](N)CN(C(=O)[C@H]1C[C@@H]1c1ccccn1)c1ccc(-c2ccc(COC)cc2)cc1. The van der Waals surface area contributed by atoms with Crippen LogP contribution in [0.1, 0.15) is 43.9 Å². The fraction of sp³-hybridized carbons (Fsp3) is 0.379. The van der Waals surface area contributed by atoms with Crippen LogP contribution in [0.4, 0.5) is 5.69 Å². The van der Waals surface area contributed by atoms with E-state index < -0.39 is 0 Å². The lowest BCUT2D eigenvalue weighted by atomic mass is 9.98. The molecule has 1 aromatic heterocycles. The van der Waals surface area contributed by atoms with Crippen molar-refractivity contribution >= 4 is 11.6 Å². The molecule has 0 unspecified atom stereocenters. The van der Waals surface area contributed by atoms with Gasteiger partial charge in [0, 0.05) is 49.1 Å². The maximum absolute atomic E-state index is 13.6. The van der Waals surface area contributed by atoms with Crippen molar-refractivity contribution in [3.63, 3.8) is 0 Å². The van der Waals surface area contributed by atoms with E-state index in [4.69, 9.17) is 10.5 Å². The summed E-state index contributed by atoms with van der Waals surface area (Å²) in [5.74, 6) is 0.644. The summed E-state index contributed by atoms with van der Waals surface area (Å²) in [6, 6.07) is 22.4. The molecule has 4 atom stereocenters. The zero-order valence-corrected chi connectivity index (χ0v) is 20.4. The van der Waals surface area contributed by atoms with Crippen molar-refractivity contribution in [2.75, 3.05) is 18.6 Å². The largest absolute Gasteiger partial charge is 0.380 e. The van der Waals surface area contributed by atoms with Gasteiger partial charge in [0.05, 0.1) is 6.61 Å². The van der Waals surface area contributed by atoms with E-state index in [1.165, 1.54) is 0 Å². The Balaban J connectivity index is 1.54. The first-order chi connectivity index (χ1) is 16.5. The molecule has 0 saturated heterocycles. The van der Waals surface area contributed by atoms with Crippen molar-refractivity contribution in [3.8, 4) is 11.1 Å². The van der Waals surface area contributed by atoms with Crippen molar-refractivity contribution in [3.05, 3.63) is 84.2 Å². The van der Waals surface area contributed by atoms with Gasteiger partial charge in [-0.05, 0) is 53.3 Å². The van der Waals surface area contributed by atoms with Gasteiger partial charge in [0.25, 0.3) is 0 Å². The van der Waals surface area contributed by atoms with Gasteiger partial charge < -0.3 is 15.4 Å². The van der Waals surface area contributed by atoms with E-state index in [1.54, 1.807) is 13.3 Å². The third kappa shape index (κ3) is 5.54. The molecule has 4 rings (SSSR count). The van der Waals surface area contributed by atoms with Crippen LogP contribution in [0.15, 0.2) is 72.9 Å². The summed E-state index contributed by atoms with van der Waals surface area (Å²) in [5.41, 5.74) is 11.8. The summed E-state index contributed by atoms with van der Waals surface area (Å²) >= 11 is 0. The van der Waals surface area contributed by atoms with Gasteiger partial charge in [0.15, 0.2) is 0 Å². The predicted molar refractivity (Wildman–Crippen MR) is 137 cm³/mol. The van der Waals surface area contributed by atoms with Crippen LogP contribution in [0.3, 0.4) is 0 Å². The lowest BCUT2D eigenvalue weighted by molar-refractivity contribution is -0.120. The van der Waals surface area contributed by atoms with Gasteiger partial charge in [0.2, 0.25) is 5.91 Å². The number of benzene rings is 2. The van der Waals surface area contributed by atoms with Crippen molar-refractivity contribution in [2.45, 2.75) is 45.3 Å². The Labute approximate surface area is 203 Å². The number of rotatable bonds is 10. The summed E-state index contributed by atoms with van der Waals surface area (Å²) in [5, 5.41) is 0. The van der Waals surface area contributed by atoms with E-state index in [1.807, 2.05) is 35.2 Å². The molecule has 2 aromatic carbocycles. The summed E-state index contributed by atoms with van der Waals surface area (Å²) in [4.78, 5) is 20.0. The Bertz CT molecular complexity index is 1070. The van der Waals surface area contributed by atoms with Gasteiger partial charge in [-0.25, -0.2) is 0 Å². The first kappa shape index (κ1) is 24.1. The molecule has 1 heterocycles. The number of hydrogen-bond acceptors (Lipinski definition) is 4. The quantitative estimate of drug-likeness (QED) is 0.442. The minimum absolute atomic E-state index is 0.0351. The summed E-state index contributed by atoms with van der Waals surface area (Å²) < 4.78 is 5.20. The molecule has 0 bridgehead atoms. The van der Waals surface area contributed by atoms with Crippen molar-refractivity contribution in [1.82, 2.24) is 4.98 Å². The average molecular weight is 458 g/mol. The van der Waals surface area contributed by atoms with E-state index in [0.29, 0.717) is 19.1 Å². The molecule has 0 radical (unpaired) electrons. The number of pyridine rings is 1. The Hall–Kier alpha value is -3.02. The molecule has 1 saturated carbocycles. The Morgan fingerprint density at radius 3 is 2.35 bits per heavy atom. The summed E-state index contributed by atoms with van der Waals surface area (Å²) in [6.45, 7) is 5.41. The standard InChI is InChI=1S/C29H35N3O2/c1-4-20(2)27(30)18-32(29(33)26-17-25(26)28-7-5-6-16-31-28)24-14-12-23(13-15-24)22-10-8-21(9-11-22)19-34-3/h5-16,20,25-27H,4,17-19,30H2,1-3H3/t20-,25-,26-,27+/m0/s1. The van der Waals surface area contributed by atoms with Crippen LogP contribution in [0.2, 0.25) is 0 Å². The second-order valence-electron chi connectivity index (χ2n) is 9.38. The molecule has 3 aromatic rings. The Kier molecular flexibility index (Phi) is 7.76. The first-order valence-electron chi connectivity index (χ1n) is 12.2. The number of methoxy groups -OCH3 is 1. The van der Waals surface area contributed by atoms with Crippen molar-refractivity contribution in [2.24, 2.45) is 17.6 Å². The third-order valence-corrected chi connectivity index (χ3v) is 6.99. The zero-order chi connectivity index (χ0) is 24.1. The smallest absolute Gasteiger partial charge is 0.230 e. The minimum Gasteiger partial charge on any atom is -0.380 e. The highest BCUT2D eigenvalue weighted by atomic mass is 16.5. The van der Waals surface area contributed by atoms with Gasteiger partial charge >= 0.3 is 0 Å². The maximum Gasteiger partial charge on any atom is 0.230 e. The van der Waals surface area contributed by atoms with Gasteiger partial charge in [-0.3, -0.25) is 9.78 Å². The number of nitrogens with two attached hydrogens (primary N) is 1. The predicted octanol–water partition coefficient (Wildman–Crippen LogP) is 5.41. The topological polar surface area (TPSA) is 68.5 Å². The number of hydrogen-bond donors (Lipinski definition) is 1. The maximum atomic E-state index is 13.6. The summed E-state index contributed by atoms with van der Waals surface area (Å²) in [6.07, 6.45) is 3.63. The van der Waals surface area contributed by atoms with E-state index in [2.05, 4.69) is 55.2 Å². The highest BCUT2D eigenvalue weighted by molar-refractivity contribution is 5.97. The number of carbonyl (C=O) groups excluding carboxylic acids is 1. The number of aromatic nitrogens is 1. The van der Waals surface area contributed by atoms with E-state index in [9.17, 15) is 4.79 Å². The molecule has 1 fully saturated rings. The number of carbonyl (C=O) groups is 1. The number of amides is 1. The summed E-state index contributed by atoms with van der Waals surface area (Å²) in [7, 11) is 1.70. The monoisotopic (exact) mass is 457 g/mol. The molecule has 1 amide bonds. The van der Waals surface area contributed by atoms with Crippen molar-refractivity contribution in [1.29, 1.82) is 0 Å². The Morgan fingerprint density at radius 1 is 1.09 bits per heavy atom. The van der Waals surface area contributed by atoms with E-state index in [-0.39, 0.29) is 23.8 Å². The molecule has 0 spiro atoms.